The Morgan fingerprint density at radius 3 is 2.39 bits per heavy atom. The number of carbonyl (C=O) groups is 1. The molecule has 4 aromatic carbocycles. The summed E-state index contributed by atoms with van der Waals surface area (Å²) in [6.07, 6.45) is 5.74. The van der Waals surface area contributed by atoms with Crippen molar-refractivity contribution in [2.45, 2.75) is 31.8 Å². The molecule has 0 spiro atoms. The molecule has 0 saturated heterocycles. The zero-order valence-corrected chi connectivity index (χ0v) is 24.2. The summed E-state index contributed by atoms with van der Waals surface area (Å²) in [4.78, 5) is 21.2. The van der Waals surface area contributed by atoms with Crippen molar-refractivity contribution in [2.75, 3.05) is 0 Å². The molecule has 7 rings (SSSR count). The molecule has 7 heteroatoms. The first-order valence-corrected chi connectivity index (χ1v) is 14.9. The third kappa shape index (κ3) is 5.72. The summed E-state index contributed by atoms with van der Waals surface area (Å²) >= 11 is 0. The summed E-state index contributed by atoms with van der Waals surface area (Å²) in [5, 5.41) is 16.3. The van der Waals surface area contributed by atoms with E-state index < -0.39 is 6.04 Å². The molecule has 0 unspecified atom stereocenters. The zero-order valence-electron chi connectivity index (χ0n) is 24.2. The number of amides is 1. The predicted octanol–water partition coefficient (Wildman–Crippen LogP) is 6.85. The van der Waals surface area contributed by atoms with E-state index in [2.05, 4.69) is 98.7 Å². The Balaban J connectivity index is 1.31. The number of nitrogens with one attached hydrogen (secondary N) is 2. The van der Waals surface area contributed by atoms with Gasteiger partial charge in [-0.1, -0.05) is 97.1 Å². The lowest BCUT2D eigenvalue weighted by atomic mass is 10.0. The molecular formula is C37H32N6O. The van der Waals surface area contributed by atoms with E-state index in [1.807, 2.05) is 30.5 Å². The van der Waals surface area contributed by atoms with Gasteiger partial charge in [-0.25, -0.2) is 0 Å². The normalized spacial score (nSPS) is 12.0. The summed E-state index contributed by atoms with van der Waals surface area (Å²) in [5.41, 5.74) is 4.93. The topological polar surface area (TPSA) is 88.5 Å². The Morgan fingerprint density at radius 2 is 1.52 bits per heavy atom. The lowest BCUT2D eigenvalue weighted by molar-refractivity contribution is 0.0929. The van der Waals surface area contributed by atoms with Crippen LogP contribution in [-0.2, 0) is 25.8 Å². The average Bonchev–Trinajstić information content (AvgIpc) is 3.68. The van der Waals surface area contributed by atoms with Gasteiger partial charge in [-0.3, -0.25) is 9.78 Å². The molecule has 0 aliphatic carbocycles. The number of para-hydroxylation sites is 1. The summed E-state index contributed by atoms with van der Waals surface area (Å²) < 4.78 is 2.20. The summed E-state index contributed by atoms with van der Waals surface area (Å²) in [6.45, 7) is 0.581. The molecule has 0 aliphatic heterocycles. The van der Waals surface area contributed by atoms with Crippen LogP contribution in [0, 0.1) is 0 Å². The first-order chi connectivity index (χ1) is 21.7. The Labute approximate surface area is 255 Å². The maximum Gasteiger partial charge on any atom is 0.270 e. The molecule has 0 aliphatic rings. The van der Waals surface area contributed by atoms with Crippen molar-refractivity contribution >= 4 is 27.6 Å². The van der Waals surface area contributed by atoms with Crippen LogP contribution >= 0.6 is 0 Å². The number of nitrogens with zero attached hydrogens (tertiary/aromatic N) is 4. The van der Waals surface area contributed by atoms with Crippen molar-refractivity contribution in [1.82, 2.24) is 30.0 Å². The third-order valence-electron chi connectivity index (χ3n) is 8.16. The fourth-order valence-electron chi connectivity index (χ4n) is 5.92. The molecule has 0 radical (unpaired) electrons. The fraction of sp³-hybridized carbons (Fsp3) is 0.135. The van der Waals surface area contributed by atoms with Crippen LogP contribution in [0.5, 0.6) is 0 Å². The second-order valence-corrected chi connectivity index (χ2v) is 11.0. The number of benzene rings is 4. The van der Waals surface area contributed by atoms with Gasteiger partial charge in [0.2, 0.25) is 0 Å². The molecule has 0 bridgehead atoms. The third-order valence-corrected chi connectivity index (χ3v) is 8.16. The maximum absolute atomic E-state index is 13.5. The second-order valence-electron chi connectivity index (χ2n) is 11.0. The van der Waals surface area contributed by atoms with E-state index in [0.29, 0.717) is 18.7 Å². The molecule has 7 aromatic rings. The van der Waals surface area contributed by atoms with E-state index in [0.717, 1.165) is 41.0 Å². The summed E-state index contributed by atoms with van der Waals surface area (Å²) in [6, 6.07) is 38.4. The molecule has 3 aromatic heterocycles. The van der Waals surface area contributed by atoms with Crippen LogP contribution in [0.25, 0.3) is 21.7 Å². The number of carbonyl (C=O) groups excluding carboxylic acids is 1. The van der Waals surface area contributed by atoms with Gasteiger partial charge in [-0.05, 0) is 52.1 Å². The van der Waals surface area contributed by atoms with Gasteiger partial charge in [-0.15, -0.1) is 10.2 Å². The molecule has 0 saturated carbocycles. The Kier molecular flexibility index (Phi) is 7.66. The molecular weight excluding hydrogens is 544 g/mol. The SMILES string of the molecule is O=C(N[C@H](Cc1c[nH]c2ccccc12)c1nnc(CCc2ccccc2)n1Cc1cccc2ccccc12)c1ccccn1. The first kappa shape index (κ1) is 27.3. The minimum absolute atomic E-state index is 0.249. The highest BCUT2D eigenvalue weighted by Gasteiger charge is 2.26. The van der Waals surface area contributed by atoms with Gasteiger partial charge in [0.25, 0.3) is 5.91 Å². The molecule has 7 nitrogen and oxygen atoms in total. The molecule has 1 atom stereocenters. The number of aryl methyl sites for hydroxylation is 2. The number of hydrogen-bond acceptors (Lipinski definition) is 4. The van der Waals surface area contributed by atoms with Gasteiger partial charge in [0, 0.05) is 36.1 Å². The highest BCUT2D eigenvalue weighted by atomic mass is 16.2. The van der Waals surface area contributed by atoms with Gasteiger partial charge in [0.15, 0.2) is 5.82 Å². The minimum Gasteiger partial charge on any atom is -0.361 e. The number of pyridine rings is 1. The Bertz CT molecular complexity index is 2020. The number of rotatable bonds is 10. The van der Waals surface area contributed by atoms with Crippen LogP contribution in [0.15, 0.2) is 128 Å². The molecule has 44 heavy (non-hydrogen) atoms. The van der Waals surface area contributed by atoms with E-state index in [-0.39, 0.29) is 5.91 Å². The first-order valence-electron chi connectivity index (χ1n) is 14.9. The van der Waals surface area contributed by atoms with Crippen LogP contribution in [0.2, 0.25) is 0 Å². The van der Waals surface area contributed by atoms with E-state index in [1.165, 1.54) is 21.9 Å². The van der Waals surface area contributed by atoms with Crippen LogP contribution < -0.4 is 5.32 Å². The van der Waals surface area contributed by atoms with Gasteiger partial charge >= 0.3 is 0 Å². The lowest BCUT2D eigenvalue weighted by Gasteiger charge is -2.20. The maximum atomic E-state index is 13.5. The molecule has 1 amide bonds. The molecule has 216 valence electrons. The van der Waals surface area contributed by atoms with Crippen LogP contribution in [0.3, 0.4) is 0 Å². The zero-order chi connectivity index (χ0) is 29.7. The molecule has 2 N–H and O–H groups in total. The molecule has 0 fully saturated rings. The van der Waals surface area contributed by atoms with Crippen LogP contribution in [-0.4, -0.2) is 30.6 Å². The highest BCUT2D eigenvalue weighted by molar-refractivity contribution is 5.92. The number of hydrogen-bond donors (Lipinski definition) is 2. The van der Waals surface area contributed by atoms with Crippen molar-refractivity contribution in [3.63, 3.8) is 0 Å². The molecule has 3 heterocycles. The van der Waals surface area contributed by atoms with Crippen molar-refractivity contribution in [3.8, 4) is 0 Å². The van der Waals surface area contributed by atoms with Crippen molar-refractivity contribution in [1.29, 1.82) is 0 Å². The number of aromatic amines is 1. The van der Waals surface area contributed by atoms with Gasteiger partial charge in [-0.2, -0.15) is 0 Å². The second kappa shape index (κ2) is 12.4. The lowest BCUT2D eigenvalue weighted by Crippen LogP contribution is -2.33. The predicted molar refractivity (Wildman–Crippen MR) is 173 cm³/mol. The van der Waals surface area contributed by atoms with E-state index in [9.17, 15) is 4.79 Å². The highest BCUT2D eigenvalue weighted by Crippen LogP contribution is 2.27. The van der Waals surface area contributed by atoms with Gasteiger partial charge in [0.05, 0.1) is 12.6 Å². The van der Waals surface area contributed by atoms with Crippen LogP contribution in [0.1, 0.15) is 44.9 Å². The van der Waals surface area contributed by atoms with Gasteiger partial charge < -0.3 is 14.9 Å². The quantitative estimate of drug-likeness (QED) is 0.186. The monoisotopic (exact) mass is 576 g/mol. The summed E-state index contributed by atoms with van der Waals surface area (Å²) in [5.74, 6) is 1.35. The van der Waals surface area contributed by atoms with E-state index in [1.54, 1.807) is 18.3 Å². The largest absolute Gasteiger partial charge is 0.361 e. The number of fused-ring (bicyclic) bond motifs is 2. The Hall–Kier alpha value is -5.56. The fourth-order valence-corrected chi connectivity index (χ4v) is 5.92. The Morgan fingerprint density at radius 1 is 0.750 bits per heavy atom. The average molecular weight is 577 g/mol. The number of aromatic nitrogens is 5. The summed E-state index contributed by atoms with van der Waals surface area (Å²) in [7, 11) is 0. The van der Waals surface area contributed by atoms with Crippen molar-refractivity contribution < 1.29 is 4.79 Å². The van der Waals surface area contributed by atoms with Crippen molar-refractivity contribution in [2.24, 2.45) is 0 Å². The smallest absolute Gasteiger partial charge is 0.270 e. The minimum atomic E-state index is -0.448. The van der Waals surface area contributed by atoms with Crippen LogP contribution in [0.4, 0.5) is 0 Å². The van der Waals surface area contributed by atoms with E-state index in [4.69, 9.17) is 10.2 Å². The number of H-pyrrole nitrogens is 1. The van der Waals surface area contributed by atoms with E-state index >= 15 is 0 Å². The van der Waals surface area contributed by atoms with Crippen molar-refractivity contribution in [3.05, 3.63) is 162 Å². The standard InChI is InChI=1S/C37H32N6O/c44-37(33-19-8-9-22-38-33)40-34(23-29-24-39-32-18-7-6-17-31(29)32)36-42-41-35(21-20-26-11-2-1-3-12-26)43(36)25-28-15-10-14-27-13-4-5-16-30(27)28/h1-19,22,24,34,39H,20-21,23,25H2,(H,40,44)/t34-/m1/s1. The van der Waals surface area contributed by atoms with Gasteiger partial charge in [0.1, 0.15) is 11.5 Å².